The van der Waals surface area contributed by atoms with E-state index in [1.165, 1.54) is 10.4 Å². The van der Waals surface area contributed by atoms with Crippen molar-refractivity contribution in [3.8, 4) is 0 Å². The van der Waals surface area contributed by atoms with Gasteiger partial charge in [0, 0.05) is 6.54 Å². The molecule has 1 amide bonds. The van der Waals surface area contributed by atoms with Crippen LogP contribution in [0.5, 0.6) is 0 Å². The van der Waals surface area contributed by atoms with Gasteiger partial charge >= 0.3 is 0 Å². The normalized spacial score (nSPS) is 19.0. The molecular weight excluding hydrogens is 343 g/mol. The Kier molecular flexibility index (Phi) is 5.33. The number of anilines is 1. The van der Waals surface area contributed by atoms with E-state index in [4.69, 9.17) is 11.6 Å². The third kappa shape index (κ3) is 3.84. The topological polar surface area (TPSA) is 66.5 Å². The summed E-state index contributed by atoms with van der Waals surface area (Å²) in [7, 11) is -3.41. The standard InChI is InChI=1S/C15H20ClFN2O3S/c1-9(2)14(19-5-4-6-23(19,21)22)15(20)18-13-7-10(3)12(17)8-11(13)16/h7-9,14H,4-6H2,1-3H3,(H,18,20). The Morgan fingerprint density at radius 3 is 2.57 bits per heavy atom. The molecule has 1 N–H and O–H groups in total. The van der Waals surface area contributed by atoms with Crippen LogP contribution < -0.4 is 5.32 Å². The van der Waals surface area contributed by atoms with Crippen LogP contribution in [0.1, 0.15) is 25.8 Å². The maximum absolute atomic E-state index is 13.4. The second-order valence-electron chi connectivity index (χ2n) is 6.04. The Morgan fingerprint density at radius 2 is 2.04 bits per heavy atom. The van der Waals surface area contributed by atoms with E-state index in [1.807, 2.05) is 0 Å². The number of benzene rings is 1. The number of carbonyl (C=O) groups excluding carboxylic acids is 1. The lowest BCUT2D eigenvalue weighted by Gasteiger charge is -2.28. The Bertz CT molecular complexity index is 722. The molecule has 0 saturated carbocycles. The summed E-state index contributed by atoms with van der Waals surface area (Å²) in [6.07, 6.45) is 0.509. The SMILES string of the molecule is Cc1cc(NC(=O)C(C(C)C)N2CCCS2(=O)=O)c(Cl)cc1F. The van der Waals surface area contributed by atoms with E-state index in [9.17, 15) is 17.6 Å². The highest BCUT2D eigenvalue weighted by Crippen LogP contribution is 2.27. The number of halogens is 2. The molecule has 1 aliphatic rings. The first-order valence-electron chi connectivity index (χ1n) is 7.39. The first kappa shape index (κ1) is 18.2. The molecule has 1 aromatic rings. The molecule has 0 radical (unpaired) electrons. The number of carbonyl (C=O) groups is 1. The summed E-state index contributed by atoms with van der Waals surface area (Å²) in [5.41, 5.74) is 0.623. The average molecular weight is 363 g/mol. The molecule has 0 aliphatic carbocycles. The van der Waals surface area contributed by atoms with Crippen molar-refractivity contribution in [3.63, 3.8) is 0 Å². The molecule has 1 atom stereocenters. The number of nitrogens with one attached hydrogen (secondary N) is 1. The largest absolute Gasteiger partial charge is 0.323 e. The van der Waals surface area contributed by atoms with Crippen molar-refractivity contribution in [1.29, 1.82) is 0 Å². The predicted octanol–water partition coefficient (Wildman–Crippen LogP) is 2.79. The molecule has 2 rings (SSSR count). The van der Waals surface area contributed by atoms with Gasteiger partial charge in [-0.2, -0.15) is 4.31 Å². The van der Waals surface area contributed by atoms with Gasteiger partial charge in [-0.25, -0.2) is 12.8 Å². The number of hydrogen-bond donors (Lipinski definition) is 1. The highest BCUT2D eigenvalue weighted by Gasteiger charge is 2.40. The predicted molar refractivity (Wildman–Crippen MR) is 88.5 cm³/mol. The number of nitrogens with zero attached hydrogens (tertiary/aromatic N) is 1. The van der Waals surface area contributed by atoms with Crippen molar-refractivity contribution in [2.75, 3.05) is 17.6 Å². The van der Waals surface area contributed by atoms with Gasteiger partial charge in [-0.05, 0) is 37.0 Å². The molecule has 1 aliphatic heterocycles. The van der Waals surface area contributed by atoms with E-state index in [0.717, 1.165) is 6.07 Å². The van der Waals surface area contributed by atoms with Crippen molar-refractivity contribution in [3.05, 3.63) is 28.5 Å². The Labute approximate surface area is 140 Å². The molecule has 0 spiro atoms. The molecule has 1 saturated heterocycles. The van der Waals surface area contributed by atoms with Gasteiger partial charge in [0.2, 0.25) is 15.9 Å². The van der Waals surface area contributed by atoms with Gasteiger partial charge < -0.3 is 5.32 Å². The zero-order chi connectivity index (χ0) is 17.4. The van der Waals surface area contributed by atoms with Crippen LogP contribution in [0.2, 0.25) is 5.02 Å². The van der Waals surface area contributed by atoms with Gasteiger partial charge in [-0.1, -0.05) is 25.4 Å². The van der Waals surface area contributed by atoms with Crippen molar-refractivity contribution in [2.24, 2.45) is 5.92 Å². The summed E-state index contributed by atoms with van der Waals surface area (Å²) in [6.45, 7) is 5.46. The average Bonchev–Trinajstić information content (AvgIpc) is 2.75. The second kappa shape index (κ2) is 6.75. The molecular formula is C15H20ClFN2O3S. The molecule has 5 nitrogen and oxygen atoms in total. The minimum absolute atomic E-state index is 0.0555. The summed E-state index contributed by atoms with van der Waals surface area (Å²) in [4.78, 5) is 12.6. The molecule has 128 valence electrons. The van der Waals surface area contributed by atoms with Gasteiger partial charge in [-0.15, -0.1) is 0 Å². The maximum atomic E-state index is 13.4. The van der Waals surface area contributed by atoms with Gasteiger partial charge in [0.15, 0.2) is 0 Å². The van der Waals surface area contributed by atoms with Gasteiger partial charge in [-0.3, -0.25) is 4.79 Å². The van der Waals surface area contributed by atoms with Gasteiger partial charge in [0.25, 0.3) is 0 Å². The Morgan fingerprint density at radius 1 is 1.39 bits per heavy atom. The van der Waals surface area contributed by atoms with E-state index in [1.54, 1.807) is 20.8 Å². The van der Waals surface area contributed by atoms with Crippen molar-refractivity contribution >= 4 is 33.2 Å². The van der Waals surface area contributed by atoms with Gasteiger partial charge in [0.05, 0.1) is 16.5 Å². The highest BCUT2D eigenvalue weighted by atomic mass is 35.5. The number of aryl methyl sites for hydroxylation is 1. The van der Waals surface area contributed by atoms with Crippen molar-refractivity contribution in [2.45, 2.75) is 33.2 Å². The van der Waals surface area contributed by atoms with E-state index in [2.05, 4.69) is 5.32 Å². The lowest BCUT2D eigenvalue weighted by atomic mass is 10.0. The molecule has 0 bridgehead atoms. The summed E-state index contributed by atoms with van der Waals surface area (Å²) in [5.74, 6) is -1.07. The lowest BCUT2D eigenvalue weighted by molar-refractivity contribution is -0.120. The van der Waals surface area contributed by atoms with Crippen LogP contribution in [0.15, 0.2) is 12.1 Å². The van der Waals surface area contributed by atoms with E-state index < -0.39 is 27.8 Å². The molecule has 1 unspecified atom stereocenters. The number of hydrogen-bond acceptors (Lipinski definition) is 3. The number of rotatable bonds is 4. The Balaban J connectivity index is 2.28. The fourth-order valence-corrected chi connectivity index (χ4v) is 4.72. The van der Waals surface area contributed by atoms with Crippen LogP contribution >= 0.6 is 11.6 Å². The molecule has 1 heterocycles. The zero-order valence-electron chi connectivity index (χ0n) is 13.3. The Hall–Kier alpha value is -1.18. The molecule has 0 aromatic heterocycles. The van der Waals surface area contributed by atoms with Crippen molar-refractivity contribution in [1.82, 2.24) is 4.31 Å². The smallest absolute Gasteiger partial charge is 0.243 e. The minimum atomic E-state index is -3.41. The summed E-state index contributed by atoms with van der Waals surface area (Å²) >= 11 is 5.96. The van der Waals surface area contributed by atoms with Crippen LogP contribution in [0, 0.1) is 18.7 Å². The fraction of sp³-hybridized carbons (Fsp3) is 0.533. The number of amides is 1. The summed E-state index contributed by atoms with van der Waals surface area (Å²) in [5, 5.41) is 2.71. The third-order valence-electron chi connectivity index (χ3n) is 3.85. The monoisotopic (exact) mass is 362 g/mol. The second-order valence-corrected chi connectivity index (χ2v) is 8.49. The fourth-order valence-electron chi connectivity index (χ4n) is 2.70. The molecule has 1 aromatic carbocycles. The van der Waals surface area contributed by atoms with Gasteiger partial charge in [0.1, 0.15) is 11.9 Å². The van der Waals surface area contributed by atoms with Crippen molar-refractivity contribution < 1.29 is 17.6 Å². The van der Waals surface area contributed by atoms with Crippen LogP contribution in [-0.2, 0) is 14.8 Å². The summed E-state index contributed by atoms with van der Waals surface area (Å²) in [6, 6.07) is 1.75. The molecule has 23 heavy (non-hydrogen) atoms. The first-order valence-corrected chi connectivity index (χ1v) is 9.38. The van der Waals surface area contributed by atoms with Crippen LogP contribution in [0.25, 0.3) is 0 Å². The van der Waals surface area contributed by atoms with E-state index in [0.29, 0.717) is 18.5 Å². The van der Waals surface area contributed by atoms with E-state index >= 15 is 0 Å². The molecule has 8 heteroatoms. The zero-order valence-corrected chi connectivity index (χ0v) is 14.8. The van der Waals surface area contributed by atoms with E-state index in [-0.39, 0.29) is 22.4 Å². The lowest BCUT2D eigenvalue weighted by Crippen LogP contribution is -2.48. The molecule has 1 fully saturated rings. The third-order valence-corrected chi connectivity index (χ3v) is 6.10. The number of sulfonamides is 1. The minimum Gasteiger partial charge on any atom is -0.323 e. The summed E-state index contributed by atoms with van der Waals surface area (Å²) < 4.78 is 38.9. The maximum Gasteiger partial charge on any atom is 0.243 e. The quantitative estimate of drug-likeness (QED) is 0.895. The van der Waals surface area contributed by atoms with Crippen LogP contribution in [0.4, 0.5) is 10.1 Å². The highest BCUT2D eigenvalue weighted by molar-refractivity contribution is 7.89. The van der Waals surface area contributed by atoms with Crippen LogP contribution in [0.3, 0.4) is 0 Å². The first-order chi connectivity index (χ1) is 10.6. The van der Waals surface area contributed by atoms with Crippen LogP contribution in [-0.4, -0.2) is 37.0 Å².